The molecule has 0 radical (unpaired) electrons. The number of halogens is 4. The Hall–Kier alpha value is -3.63. The van der Waals surface area contributed by atoms with Crippen LogP contribution in [0.5, 0.6) is 5.75 Å². The average Bonchev–Trinajstić information content (AvgIpc) is 2.80. The lowest BCUT2D eigenvalue weighted by molar-refractivity contribution is -0.193. The van der Waals surface area contributed by atoms with E-state index in [1.165, 1.54) is 13.0 Å². The van der Waals surface area contributed by atoms with Gasteiger partial charge < -0.3 is 15.8 Å². The largest absolute Gasteiger partial charge is 0.493 e. The lowest BCUT2D eigenvalue weighted by atomic mass is 9.90. The predicted octanol–water partition coefficient (Wildman–Crippen LogP) is 3.84. The van der Waals surface area contributed by atoms with E-state index >= 15 is 0 Å². The molecular formula is C24H24F4N4O3. The van der Waals surface area contributed by atoms with Gasteiger partial charge in [-0.3, -0.25) is 14.5 Å². The number of para-hydroxylation sites is 1. The minimum atomic E-state index is -4.75. The number of aliphatic imine (C=N–C) groups is 1. The van der Waals surface area contributed by atoms with E-state index in [2.05, 4.69) is 10.3 Å². The molecule has 7 nitrogen and oxygen atoms in total. The number of ether oxygens (including phenoxy) is 1. The van der Waals surface area contributed by atoms with E-state index in [-0.39, 0.29) is 23.7 Å². The zero-order valence-corrected chi connectivity index (χ0v) is 18.9. The molecule has 0 fully saturated rings. The van der Waals surface area contributed by atoms with E-state index in [0.717, 1.165) is 22.6 Å². The van der Waals surface area contributed by atoms with Crippen LogP contribution in [0.1, 0.15) is 53.7 Å². The summed E-state index contributed by atoms with van der Waals surface area (Å²) in [6.45, 7) is 1.36. The Labute approximate surface area is 198 Å². The summed E-state index contributed by atoms with van der Waals surface area (Å²) in [7, 11) is 0. The summed E-state index contributed by atoms with van der Waals surface area (Å²) in [5.41, 5.74) is 4.14. The van der Waals surface area contributed by atoms with Gasteiger partial charge in [0.15, 0.2) is 11.5 Å². The fraction of sp³-hybridized carbons (Fsp3) is 0.375. The lowest BCUT2D eigenvalue weighted by Gasteiger charge is -2.38. The van der Waals surface area contributed by atoms with E-state index in [1.807, 2.05) is 18.2 Å². The van der Waals surface area contributed by atoms with E-state index in [0.29, 0.717) is 18.8 Å². The highest BCUT2D eigenvalue weighted by atomic mass is 19.4. The molecule has 0 saturated carbocycles. The first-order valence-corrected chi connectivity index (χ1v) is 11.1. The Morgan fingerprint density at radius 3 is 2.71 bits per heavy atom. The predicted molar refractivity (Wildman–Crippen MR) is 119 cm³/mol. The van der Waals surface area contributed by atoms with Gasteiger partial charge in [0.2, 0.25) is 5.91 Å². The van der Waals surface area contributed by atoms with Gasteiger partial charge in [0.1, 0.15) is 11.6 Å². The summed E-state index contributed by atoms with van der Waals surface area (Å²) in [5, 5.41) is 2.86. The van der Waals surface area contributed by atoms with Crippen molar-refractivity contribution in [2.24, 2.45) is 10.7 Å². The second-order valence-corrected chi connectivity index (χ2v) is 8.56. The number of nitrogens with zero attached hydrogens (tertiary/aromatic N) is 2. The summed E-state index contributed by atoms with van der Waals surface area (Å²) >= 11 is 0. The molecule has 2 atom stereocenters. The van der Waals surface area contributed by atoms with E-state index < -0.39 is 48.1 Å². The molecule has 2 aliphatic heterocycles. The molecular weight excluding hydrogens is 468 g/mol. The van der Waals surface area contributed by atoms with Crippen molar-refractivity contribution in [1.29, 1.82) is 0 Å². The Morgan fingerprint density at radius 2 is 2.03 bits per heavy atom. The highest BCUT2D eigenvalue weighted by Gasteiger charge is 2.57. The number of carbonyl (C=O) groups excluding carboxylic acids is 2. The smallest absolute Gasteiger partial charge is 0.414 e. The maximum atomic E-state index is 14.4. The quantitative estimate of drug-likeness (QED) is 0.620. The summed E-state index contributed by atoms with van der Waals surface area (Å²) in [6.07, 6.45) is -5.57. The first kappa shape index (κ1) is 24.5. The van der Waals surface area contributed by atoms with Gasteiger partial charge in [-0.05, 0) is 36.2 Å². The number of alkyl halides is 3. The van der Waals surface area contributed by atoms with E-state index in [1.54, 1.807) is 6.07 Å². The minimum Gasteiger partial charge on any atom is -0.493 e. The molecule has 11 heteroatoms. The third kappa shape index (κ3) is 4.80. The zero-order chi connectivity index (χ0) is 25.4. The number of guanidine groups is 1. The molecule has 0 unspecified atom stereocenters. The molecule has 2 aliphatic rings. The number of amides is 2. The van der Waals surface area contributed by atoms with Crippen LogP contribution in [-0.2, 0) is 11.3 Å². The lowest BCUT2D eigenvalue weighted by Crippen LogP contribution is -2.56. The van der Waals surface area contributed by atoms with Crippen LogP contribution in [-0.4, -0.2) is 41.0 Å². The van der Waals surface area contributed by atoms with E-state index in [9.17, 15) is 27.2 Å². The van der Waals surface area contributed by atoms with Crippen molar-refractivity contribution in [3.8, 4) is 5.75 Å². The van der Waals surface area contributed by atoms with Crippen LogP contribution in [0.25, 0.3) is 0 Å². The molecule has 0 aromatic heterocycles. The van der Waals surface area contributed by atoms with Crippen molar-refractivity contribution < 1.29 is 31.9 Å². The van der Waals surface area contributed by atoms with Crippen molar-refractivity contribution >= 4 is 17.8 Å². The fourth-order valence-corrected chi connectivity index (χ4v) is 4.32. The van der Waals surface area contributed by atoms with Gasteiger partial charge in [-0.2, -0.15) is 13.2 Å². The number of nitrogens with two attached hydrogens (primary N) is 1. The highest BCUT2D eigenvalue weighted by molar-refractivity contribution is 5.99. The molecule has 186 valence electrons. The number of hydrogen-bond donors (Lipinski definition) is 2. The minimum absolute atomic E-state index is 0.00198. The fourth-order valence-electron chi connectivity index (χ4n) is 4.32. The van der Waals surface area contributed by atoms with Crippen LogP contribution in [0.15, 0.2) is 47.5 Å². The van der Waals surface area contributed by atoms with Crippen LogP contribution >= 0.6 is 0 Å². The number of hydrogen-bond acceptors (Lipinski definition) is 5. The Morgan fingerprint density at radius 1 is 1.29 bits per heavy atom. The van der Waals surface area contributed by atoms with Gasteiger partial charge in [-0.25, -0.2) is 9.38 Å². The van der Waals surface area contributed by atoms with Gasteiger partial charge in [0.25, 0.3) is 5.91 Å². The number of fused-ring (bicyclic) bond motifs is 1. The number of carbonyl (C=O) groups is 2. The third-order valence-corrected chi connectivity index (χ3v) is 6.29. The second kappa shape index (κ2) is 9.20. The van der Waals surface area contributed by atoms with Gasteiger partial charge in [0.05, 0.1) is 25.6 Å². The number of rotatable bonds is 5. The SMILES string of the molecule is CC[C@@]1(C(F)(F)F)CC(=O)N(Cc2cc(F)cc(C(=O)N[C@H]3CCOc4ccccc43)c2)C(N)=N1. The van der Waals surface area contributed by atoms with Crippen molar-refractivity contribution in [2.75, 3.05) is 6.61 Å². The number of nitrogens with one attached hydrogen (secondary N) is 1. The molecule has 0 saturated heterocycles. The summed E-state index contributed by atoms with van der Waals surface area (Å²) in [5.74, 6) is -2.11. The first-order chi connectivity index (χ1) is 16.5. The summed E-state index contributed by atoms with van der Waals surface area (Å²) in [4.78, 5) is 30.0. The van der Waals surface area contributed by atoms with Gasteiger partial charge in [-0.15, -0.1) is 0 Å². The zero-order valence-electron chi connectivity index (χ0n) is 18.9. The Bertz CT molecular complexity index is 1180. The van der Waals surface area contributed by atoms with E-state index in [4.69, 9.17) is 10.5 Å². The van der Waals surface area contributed by atoms with Gasteiger partial charge in [0, 0.05) is 17.5 Å². The molecule has 0 aliphatic carbocycles. The van der Waals surface area contributed by atoms with Crippen LogP contribution < -0.4 is 15.8 Å². The molecule has 3 N–H and O–H groups in total. The van der Waals surface area contributed by atoms with Crippen LogP contribution in [0.3, 0.4) is 0 Å². The maximum absolute atomic E-state index is 14.4. The summed E-state index contributed by atoms with van der Waals surface area (Å²) in [6, 6.07) is 10.4. The third-order valence-electron chi connectivity index (χ3n) is 6.29. The van der Waals surface area contributed by atoms with Crippen LogP contribution in [0.2, 0.25) is 0 Å². The molecule has 2 aromatic rings. The molecule has 0 spiro atoms. The standard InChI is InChI=1S/C24H24F4N4O3/c1-2-23(24(26,27)28)12-20(33)32(22(29)31-23)13-14-9-15(11-16(25)10-14)21(34)30-18-7-8-35-19-6-4-3-5-17(18)19/h3-6,9-11,18H,2,7-8,12-13H2,1H3,(H2,29,31)(H,30,34)/t18-,23-/m0/s1. The molecule has 0 bridgehead atoms. The summed E-state index contributed by atoms with van der Waals surface area (Å²) < 4.78 is 60.6. The first-order valence-electron chi connectivity index (χ1n) is 11.1. The molecule has 2 aromatic carbocycles. The Balaban J connectivity index is 1.55. The van der Waals surface area contributed by atoms with Gasteiger partial charge >= 0.3 is 6.18 Å². The molecule has 2 heterocycles. The molecule has 35 heavy (non-hydrogen) atoms. The Kier molecular flexibility index (Phi) is 6.44. The van der Waals surface area contributed by atoms with Crippen molar-refractivity contribution in [2.45, 2.75) is 50.5 Å². The maximum Gasteiger partial charge on any atom is 0.414 e. The second-order valence-electron chi connectivity index (χ2n) is 8.56. The normalized spacial score (nSPS) is 22.2. The molecule has 2 amide bonds. The number of benzene rings is 2. The topological polar surface area (TPSA) is 97.0 Å². The van der Waals surface area contributed by atoms with Crippen molar-refractivity contribution in [3.63, 3.8) is 0 Å². The van der Waals surface area contributed by atoms with Crippen LogP contribution in [0.4, 0.5) is 17.6 Å². The van der Waals surface area contributed by atoms with Gasteiger partial charge in [-0.1, -0.05) is 25.1 Å². The van der Waals surface area contributed by atoms with Crippen molar-refractivity contribution in [3.05, 3.63) is 65.0 Å². The average molecular weight is 492 g/mol. The highest BCUT2D eigenvalue weighted by Crippen LogP contribution is 2.41. The van der Waals surface area contributed by atoms with Crippen molar-refractivity contribution in [1.82, 2.24) is 10.2 Å². The molecule has 4 rings (SSSR count). The monoisotopic (exact) mass is 492 g/mol. The van der Waals surface area contributed by atoms with Crippen LogP contribution in [0, 0.1) is 5.82 Å².